The van der Waals surface area contributed by atoms with Crippen LogP contribution in [0.1, 0.15) is 11.1 Å². The lowest BCUT2D eigenvalue weighted by atomic mass is 10.0. The second kappa shape index (κ2) is 8.79. The number of nitrogens with zero attached hydrogens (tertiary/aromatic N) is 2. The van der Waals surface area contributed by atoms with Crippen LogP contribution in [0.25, 0.3) is 10.8 Å². The van der Waals surface area contributed by atoms with Crippen molar-refractivity contribution < 1.29 is 14.5 Å². The van der Waals surface area contributed by atoms with Gasteiger partial charge >= 0.3 is 5.69 Å². The number of fused-ring (bicyclic) bond motifs is 1. The van der Waals surface area contributed by atoms with E-state index in [1.165, 1.54) is 19.4 Å². The molecule has 0 spiro atoms. The molecule has 1 amide bonds. The van der Waals surface area contributed by atoms with Gasteiger partial charge in [-0.15, -0.1) is 0 Å². The van der Waals surface area contributed by atoms with Crippen molar-refractivity contribution in [3.63, 3.8) is 0 Å². The Hall–Kier alpha value is -3.01. The number of hydrazone groups is 1. The van der Waals surface area contributed by atoms with Gasteiger partial charge in [-0.2, -0.15) is 5.10 Å². The molecule has 0 aliphatic heterocycles. The van der Waals surface area contributed by atoms with Gasteiger partial charge in [-0.3, -0.25) is 14.9 Å². The molecule has 0 bridgehead atoms. The van der Waals surface area contributed by atoms with E-state index in [1.54, 1.807) is 6.07 Å². The molecule has 7 nitrogen and oxygen atoms in total. The third-order valence-corrected chi connectivity index (χ3v) is 4.88. The second-order valence-electron chi connectivity index (χ2n) is 5.92. The number of hydrogen-bond donors (Lipinski definition) is 1. The highest BCUT2D eigenvalue weighted by atomic mass is 127. The Labute approximate surface area is 174 Å². The van der Waals surface area contributed by atoms with Gasteiger partial charge in [0, 0.05) is 11.6 Å². The van der Waals surface area contributed by atoms with Crippen LogP contribution in [0.2, 0.25) is 0 Å². The molecule has 3 aromatic rings. The summed E-state index contributed by atoms with van der Waals surface area (Å²) in [6.45, 7) is 0. The van der Waals surface area contributed by atoms with Crippen LogP contribution >= 0.6 is 22.6 Å². The molecule has 0 radical (unpaired) electrons. The molecule has 28 heavy (non-hydrogen) atoms. The first kappa shape index (κ1) is 19.7. The highest BCUT2D eigenvalue weighted by Crippen LogP contribution is 2.32. The van der Waals surface area contributed by atoms with E-state index < -0.39 is 4.92 Å². The van der Waals surface area contributed by atoms with E-state index >= 15 is 0 Å². The molecule has 0 aromatic heterocycles. The second-order valence-corrected chi connectivity index (χ2v) is 7.08. The van der Waals surface area contributed by atoms with Crippen molar-refractivity contribution >= 4 is 51.2 Å². The maximum atomic E-state index is 12.2. The molecule has 0 saturated heterocycles. The summed E-state index contributed by atoms with van der Waals surface area (Å²) >= 11 is 1.95. The molecule has 3 aromatic carbocycles. The van der Waals surface area contributed by atoms with Crippen molar-refractivity contribution in [3.05, 3.63) is 79.4 Å². The Morgan fingerprint density at radius 1 is 1.25 bits per heavy atom. The molecule has 0 aliphatic rings. The van der Waals surface area contributed by atoms with Crippen molar-refractivity contribution in [2.24, 2.45) is 5.10 Å². The maximum absolute atomic E-state index is 12.2. The Kier molecular flexibility index (Phi) is 6.19. The quantitative estimate of drug-likeness (QED) is 0.245. The molecule has 8 heteroatoms. The highest BCUT2D eigenvalue weighted by molar-refractivity contribution is 14.1. The molecular weight excluding hydrogens is 473 g/mol. The number of rotatable bonds is 6. The lowest BCUT2D eigenvalue weighted by Crippen LogP contribution is -2.19. The molecule has 0 heterocycles. The molecule has 0 aliphatic carbocycles. The predicted octanol–water partition coefficient (Wildman–Crippen LogP) is 4.05. The first-order valence-corrected chi connectivity index (χ1v) is 9.38. The van der Waals surface area contributed by atoms with Gasteiger partial charge in [-0.1, -0.05) is 42.5 Å². The normalized spacial score (nSPS) is 10.9. The van der Waals surface area contributed by atoms with Gasteiger partial charge < -0.3 is 4.74 Å². The molecule has 1 N–H and O–H groups in total. The number of benzene rings is 3. The number of halogens is 1. The van der Waals surface area contributed by atoms with Crippen LogP contribution in [0.5, 0.6) is 5.75 Å². The van der Waals surface area contributed by atoms with Crippen LogP contribution in [0.15, 0.2) is 59.7 Å². The zero-order chi connectivity index (χ0) is 20.1. The fraction of sp³-hybridized carbons (Fsp3) is 0.100. The number of hydrogen-bond acceptors (Lipinski definition) is 5. The van der Waals surface area contributed by atoms with E-state index in [0.717, 1.165) is 16.3 Å². The van der Waals surface area contributed by atoms with Gasteiger partial charge in [0.15, 0.2) is 0 Å². The first-order valence-electron chi connectivity index (χ1n) is 8.30. The minimum Gasteiger partial charge on any atom is -0.489 e. The lowest BCUT2D eigenvalue weighted by Gasteiger charge is -2.06. The third-order valence-electron chi connectivity index (χ3n) is 4.08. The topological polar surface area (TPSA) is 93.8 Å². The molecular formula is C20H16IN3O4. The Morgan fingerprint density at radius 2 is 2.00 bits per heavy atom. The number of nitrogens with one attached hydrogen (secondary N) is 1. The van der Waals surface area contributed by atoms with Crippen LogP contribution in [0.4, 0.5) is 5.69 Å². The van der Waals surface area contributed by atoms with Crippen molar-refractivity contribution in [3.8, 4) is 5.75 Å². The largest absolute Gasteiger partial charge is 0.489 e. The number of methoxy groups -OCH3 is 1. The summed E-state index contributed by atoms with van der Waals surface area (Å²) in [4.78, 5) is 22.9. The van der Waals surface area contributed by atoms with Crippen molar-refractivity contribution in [2.75, 3.05) is 7.11 Å². The van der Waals surface area contributed by atoms with Gasteiger partial charge in [0.2, 0.25) is 11.7 Å². The number of nitro benzene ring substituents is 1. The number of carbonyl (C=O) groups is 1. The molecule has 0 saturated carbocycles. The average molecular weight is 489 g/mol. The average Bonchev–Trinajstić information content (AvgIpc) is 2.68. The zero-order valence-electron chi connectivity index (χ0n) is 14.9. The molecule has 0 atom stereocenters. The van der Waals surface area contributed by atoms with Crippen molar-refractivity contribution in [1.29, 1.82) is 0 Å². The summed E-state index contributed by atoms with van der Waals surface area (Å²) < 4.78 is 5.65. The monoisotopic (exact) mass is 489 g/mol. The smallest absolute Gasteiger partial charge is 0.312 e. The molecule has 0 unspecified atom stereocenters. The van der Waals surface area contributed by atoms with E-state index in [1.807, 2.05) is 65.1 Å². The van der Waals surface area contributed by atoms with Crippen LogP contribution in [0, 0.1) is 13.7 Å². The summed E-state index contributed by atoms with van der Waals surface area (Å²) in [5, 5.41) is 17.2. The van der Waals surface area contributed by atoms with Crippen LogP contribution in [0.3, 0.4) is 0 Å². The van der Waals surface area contributed by atoms with Crippen LogP contribution in [-0.4, -0.2) is 24.2 Å². The standard InChI is InChI=1S/C20H16IN3O4/c1-28-20-17(21)9-13(10-18(20)24(26)27)12-22-23-19(25)11-15-7-4-6-14-5-2-3-8-16(14)15/h2-10,12H,11H2,1H3,(H,23,25). The lowest BCUT2D eigenvalue weighted by molar-refractivity contribution is -0.385. The summed E-state index contributed by atoms with van der Waals surface area (Å²) in [7, 11) is 1.38. The SMILES string of the molecule is COc1c(I)cc(C=NNC(=O)Cc2cccc3ccccc23)cc1[N+](=O)[O-]. The van der Waals surface area contributed by atoms with Gasteiger partial charge in [-0.05, 0) is 45.0 Å². The summed E-state index contributed by atoms with van der Waals surface area (Å²) in [5.74, 6) is -0.0759. The van der Waals surface area contributed by atoms with Gasteiger partial charge in [-0.25, -0.2) is 5.43 Å². The highest BCUT2D eigenvalue weighted by Gasteiger charge is 2.19. The van der Waals surface area contributed by atoms with Crippen molar-refractivity contribution in [1.82, 2.24) is 5.43 Å². The van der Waals surface area contributed by atoms with E-state index in [4.69, 9.17) is 4.74 Å². The zero-order valence-corrected chi connectivity index (χ0v) is 17.0. The van der Waals surface area contributed by atoms with E-state index in [9.17, 15) is 14.9 Å². The summed E-state index contributed by atoms with van der Waals surface area (Å²) in [5.41, 5.74) is 3.70. The number of ether oxygens (including phenoxy) is 1. The number of carbonyl (C=O) groups excluding carboxylic acids is 1. The summed E-state index contributed by atoms with van der Waals surface area (Å²) in [6, 6.07) is 16.7. The fourth-order valence-electron chi connectivity index (χ4n) is 2.85. The van der Waals surface area contributed by atoms with Gasteiger partial charge in [0.1, 0.15) is 0 Å². The predicted molar refractivity (Wildman–Crippen MR) is 116 cm³/mol. The number of amides is 1. The van der Waals surface area contributed by atoms with E-state index in [2.05, 4.69) is 10.5 Å². The number of nitro groups is 1. The summed E-state index contributed by atoms with van der Waals surface area (Å²) in [6.07, 6.45) is 1.55. The Morgan fingerprint density at radius 3 is 2.75 bits per heavy atom. The van der Waals surface area contributed by atoms with E-state index in [-0.39, 0.29) is 23.8 Å². The molecule has 3 rings (SSSR count). The maximum Gasteiger partial charge on any atom is 0.312 e. The third kappa shape index (κ3) is 4.45. The minimum absolute atomic E-state index is 0.155. The van der Waals surface area contributed by atoms with Gasteiger partial charge in [0.05, 0.1) is 28.2 Å². The van der Waals surface area contributed by atoms with Crippen LogP contribution < -0.4 is 10.2 Å². The van der Waals surface area contributed by atoms with Gasteiger partial charge in [0.25, 0.3) is 0 Å². The fourth-order valence-corrected chi connectivity index (χ4v) is 3.71. The Bertz CT molecular complexity index is 1080. The molecule has 0 fully saturated rings. The molecule has 142 valence electrons. The van der Waals surface area contributed by atoms with Crippen molar-refractivity contribution in [2.45, 2.75) is 6.42 Å². The first-order chi connectivity index (χ1) is 13.5. The Balaban J connectivity index is 1.72. The minimum atomic E-state index is -0.516. The van der Waals surface area contributed by atoms with E-state index in [0.29, 0.717) is 9.13 Å². The van der Waals surface area contributed by atoms with Crippen LogP contribution in [-0.2, 0) is 11.2 Å².